The van der Waals surface area contributed by atoms with Gasteiger partial charge in [0.15, 0.2) is 0 Å². The van der Waals surface area contributed by atoms with Gasteiger partial charge < -0.3 is 15.4 Å². The van der Waals surface area contributed by atoms with E-state index in [0.29, 0.717) is 31.9 Å². The number of nitrogens with zero attached hydrogens (tertiary/aromatic N) is 1. The molecule has 3 aromatic rings. The van der Waals surface area contributed by atoms with Crippen molar-refractivity contribution in [2.45, 2.75) is 78.2 Å². The van der Waals surface area contributed by atoms with Gasteiger partial charge in [-0.1, -0.05) is 84.4 Å². The molecule has 2 unspecified atom stereocenters. The minimum absolute atomic E-state index is 0.143. The van der Waals surface area contributed by atoms with Gasteiger partial charge in [0.05, 0.1) is 6.04 Å². The molecule has 0 radical (unpaired) electrons. The first-order valence-electron chi connectivity index (χ1n) is 14.2. The SMILES string of the molecule is CC(C)CC(C(=O)NC(Cc1ccc(OCc2ccccc2)cc1)C(=O)NC(C)(C)C)N(C)Cc1ccc(Br)cc1. The third kappa shape index (κ3) is 11.3. The van der Waals surface area contributed by atoms with Crippen molar-refractivity contribution in [1.82, 2.24) is 15.5 Å². The molecule has 2 amide bonds. The summed E-state index contributed by atoms with van der Waals surface area (Å²) in [7, 11) is 1.97. The van der Waals surface area contributed by atoms with Crippen LogP contribution in [-0.4, -0.2) is 41.4 Å². The van der Waals surface area contributed by atoms with Crippen molar-refractivity contribution in [1.29, 1.82) is 0 Å². The van der Waals surface area contributed by atoms with Crippen molar-refractivity contribution in [3.05, 3.63) is 100 Å². The zero-order valence-electron chi connectivity index (χ0n) is 25.1. The number of carbonyl (C=O) groups excluding carboxylic acids is 2. The van der Waals surface area contributed by atoms with Gasteiger partial charge in [-0.05, 0) is 81.1 Å². The Balaban J connectivity index is 1.73. The minimum Gasteiger partial charge on any atom is -0.489 e. The maximum atomic E-state index is 13.7. The summed E-state index contributed by atoms with van der Waals surface area (Å²) in [5.74, 6) is 0.719. The number of ether oxygens (including phenoxy) is 1. The van der Waals surface area contributed by atoms with Gasteiger partial charge in [-0.25, -0.2) is 0 Å². The maximum Gasteiger partial charge on any atom is 0.243 e. The predicted octanol–water partition coefficient (Wildman–Crippen LogP) is 6.52. The molecule has 41 heavy (non-hydrogen) atoms. The van der Waals surface area contributed by atoms with E-state index in [9.17, 15) is 9.59 Å². The molecule has 0 bridgehead atoms. The van der Waals surface area contributed by atoms with Gasteiger partial charge >= 0.3 is 0 Å². The van der Waals surface area contributed by atoms with E-state index in [2.05, 4.69) is 57.4 Å². The Hall–Kier alpha value is -3.16. The van der Waals surface area contributed by atoms with Crippen LogP contribution in [0.4, 0.5) is 0 Å². The molecule has 7 heteroatoms. The van der Waals surface area contributed by atoms with Crippen molar-refractivity contribution >= 4 is 27.7 Å². The lowest BCUT2D eigenvalue weighted by Gasteiger charge is -2.31. The zero-order chi connectivity index (χ0) is 30.0. The molecule has 0 aliphatic carbocycles. The fraction of sp³-hybridized carbons (Fsp3) is 0.412. The molecule has 0 aliphatic rings. The van der Waals surface area contributed by atoms with E-state index in [1.54, 1.807) is 0 Å². The Morgan fingerprint density at radius 1 is 0.854 bits per heavy atom. The molecular weight excluding hydrogens is 578 g/mol. The second kappa shape index (κ2) is 15.2. The Morgan fingerprint density at radius 2 is 1.46 bits per heavy atom. The monoisotopic (exact) mass is 621 g/mol. The number of hydrogen-bond acceptors (Lipinski definition) is 4. The van der Waals surface area contributed by atoms with Crippen LogP contribution in [0.3, 0.4) is 0 Å². The molecular formula is C34H44BrN3O3. The van der Waals surface area contributed by atoms with E-state index in [0.717, 1.165) is 26.9 Å². The molecule has 0 aromatic heterocycles. The molecule has 220 valence electrons. The number of amides is 2. The third-order valence-electron chi connectivity index (χ3n) is 6.62. The lowest BCUT2D eigenvalue weighted by atomic mass is 9.99. The predicted molar refractivity (Wildman–Crippen MR) is 170 cm³/mol. The molecule has 0 aliphatic heterocycles. The van der Waals surface area contributed by atoms with Crippen LogP contribution in [0.2, 0.25) is 0 Å². The fourth-order valence-corrected chi connectivity index (χ4v) is 4.82. The molecule has 0 saturated heterocycles. The zero-order valence-corrected chi connectivity index (χ0v) is 26.7. The molecule has 0 heterocycles. The molecule has 2 atom stereocenters. The standard InChI is InChI=1S/C34H44BrN3O3/c1-24(2)20-31(38(6)22-26-12-16-28(35)17-13-26)33(40)36-30(32(39)37-34(3,4)5)21-25-14-18-29(19-15-25)41-23-27-10-8-7-9-11-27/h7-19,24,30-31H,20-23H2,1-6H3,(H,36,40)(H,37,39). The van der Waals surface area contributed by atoms with E-state index in [1.807, 2.05) is 94.5 Å². The van der Waals surface area contributed by atoms with Crippen LogP contribution in [-0.2, 0) is 29.2 Å². The van der Waals surface area contributed by atoms with E-state index in [-0.39, 0.29) is 17.9 Å². The van der Waals surface area contributed by atoms with Crippen LogP contribution in [0, 0.1) is 5.92 Å². The van der Waals surface area contributed by atoms with Gasteiger partial charge in [0, 0.05) is 23.0 Å². The smallest absolute Gasteiger partial charge is 0.243 e. The Labute approximate surface area is 254 Å². The van der Waals surface area contributed by atoms with Crippen LogP contribution in [0.15, 0.2) is 83.3 Å². The summed E-state index contributed by atoms with van der Waals surface area (Å²) in [6, 6.07) is 24.8. The van der Waals surface area contributed by atoms with Gasteiger partial charge in [0.2, 0.25) is 11.8 Å². The van der Waals surface area contributed by atoms with Crippen molar-refractivity contribution < 1.29 is 14.3 Å². The highest BCUT2D eigenvalue weighted by Crippen LogP contribution is 2.19. The van der Waals surface area contributed by atoms with Gasteiger partial charge in [0.1, 0.15) is 18.4 Å². The largest absolute Gasteiger partial charge is 0.489 e. The normalized spacial score (nSPS) is 13.1. The van der Waals surface area contributed by atoms with Crippen molar-refractivity contribution in [3.63, 3.8) is 0 Å². The molecule has 3 aromatic carbocycles. The average molecular weight is 623 g/mol. The van der Waals surface area contributed by atoms with Crippen molar-refractivity contribution in [2.75, 3.05) is 7.05 Å². The second-order valence-electron chi connectivity index (χ2n) is 12.1. The molecule has 0 fully saturated rings. The quantitative estimate of drug-likeness (QED) is 0.228. The molecule has 2 N–H and O–H groups in total. The summed E-state index contributed by atoms with van der Waals surface area (Å²) in [6.45, 7) is 11.2. The van der Waals surface area contributed by atoms with Crippen LogP contribution >= 0.6 is 15.9 Å². The number of rotatable bonds is 13. The average Bonchev–Trinajstić information content (AvgIpc) is 2.91. The van der Waals surface area contributed by atoms with Gasteiger partial charge in [-0.3, -0.25) is 14.5 Å². The van der Waals surface area contributed by atoms with Crippen LogP contribution in [0.5, 0.6) is 5.75 Å². The topological polar surface area (TPSA) is 70.7 Å². The highest BCUT2D eigenvalue weighted by Gasteiger charge is 2.30. The Morgan fingerprint density at radius 3 is 2.05 bits per heavy atom. The van der Waals surface area contributed by atoms with E-state index >= 15 is 0 Å². The fourth-order valence-electron chi connectivity index (χ4n) is 4.55. The molecule has 0 spiro atoms. The number of halogens is 1. The summed E-state index contributed by atoms with van der Waals surface area (Å²) in [6.07, 6.45) is 1.05. The Kier molecular flexibility index (Phi) is 12.0. The molecule has 3 rings (SSSR count). The number of benzene rings is 3. The Bertz CT molecular complexity index is 1240. The van der Waals surface area contributed by atoms with Crippen LogP contribution < -0.4 is 15.4 Å². The first-order chi connectivity index (χ1) is 19.4. The summed E-state index contributed by atoms with van der Waals surface area (Å²) >= 11 is 3.48. The number of carbonyl (C=O) groups is 2. The molecule has 6 nitrogen and oxygen atoms in total. The van der Waals surface area contributed by atoms with Gasteiger partial charge in [-0.15, -0.1) is 0 Å². The summed E-state index contributed by atoms with van der Waals surface area (Å²) in [5, 5.41) is 6.15. The summed E-state index contributed by atoms with van der Waals surface area (Å²) < 4.78 is 6.94. The van der Waals surface area contributed by atoms with Crippen molar-refractivity contribution in [3.8, 4) is 5.75 Å². The first kappa shape index (κ1) is 32.4. The summed E-state index contributed by atoms with van der Waals surface area (Å²) in [4.78, 5) is 29.2. The minimum atomic E-state index is -0.714. The van der Waals surface area contributed by atoms with Crippen LogP contribution in [0.25, 0.3) is 0 Å². The lowest BCUT2D eigenvalue weighted by molar-refractivity contribution is -0.132. The van der Waals surface area contributed by atoms with Crippen LogP contribution in [0.1, 0.15) is 57.7 Å². The highest BCUT2D eigenvalue weighted by molar-refractivity contribution is 9.10. The summed E-state index contributed by atoms with van der Waals surface area (Å²) in [5.41, 5.74) is 2.73. The first-order valence-corrected chi connectivity index (χ1v) is 15.0. The van der Waals surface area contributed by atoms with Gasteiger partial charge in [0.25, 0.3) is 0 Å². The highest BCUT2D eigenvalue weighted by atomic mass is 79.9. The number of likely N-dealkylation sites (N-methyl/N-ethyl adjacent to an activating group) is 1. The lowest BCUT2D eigenvalue weighted by Crippen LogP contribution is -2.56. The maximum absolute atomic E-state index is 13.7. The van der Waals surface area contributed by atoms with Gasteiger partial charge in [-0.2, -0.15) is 0 Å². The number of hydrogen-bond donors (Lipinski definition) is 2. The second-order valence-corrected chi connectivity index (χ2v) is 13.0. The van der Waals surface area contributed by atoms with E-state index < -0.39 is 11.6 Å². The number of nitrogens with one attached hydrogen (secondary N) is 2. The molecule has 0 saturated carbocycles. The third-order valence-corrected chi connectivity index (χ3v) is 7.15. The van der Waals surface area contributed by atoms with E-state index in [4.69, 9.17) is 4.74 Å². The van der Waals surface area contributed by atoms with Crippen molar-refractivity contribution in [2.24, 2.45) is 5.92 Å². The van der Waals surface area contributed by atoms with E-state index in [1.165, 1.54) is 0 Å².